The van der Waals surface area contributed by atoms with Crippen LogP contribution in [0.5, 0.6) is 5.75 Å². The number of benzene rings is 2. The molecule has 1 N–H and O–H groups in total. The Kier molecular flexibility index (Phi) is 7.37. The Morgan fingerprint density at radius 2 is 1.91 bits per heavy atom. The van der Waals surface area contributed by atoms with Crippen LogP contribution in [0.4, 0.5) is 4.39 Å². The summed E-state index contributed by atoms with van der Waals surface area (Å²) in [5, 5.41) is 10.5. The molecule has 3 atom stereocenters. The first-order valence-electron chi connectivity index (χ1n) is 11.5. The van der Waals surface area contributed by atoms with E-state index in [0.29, 0.717) is 17.4 Å². The fourth-order valence-corrected chi connectivity index (χ4v) is 5.45. The Labute approximate surface area is 193 Å². The van der Waals surface area contributed by atoms with Crippen molar-refractivity contribution < 1.29 is 23.8 Å². The van der Waals surface area contributed by atoms with Crippen LogP contribution in [-0.2, 0) is 9.53 Å². The van der Waals surface area contributed by atoms with Gasteiger partial charge in [-0.3, -0.25) is 4.79 Å². The van der Waals surface area contributed by atoms with Crippen LogP contribution in [-0.4, -0.2) is 29.9 Å². The van der Waals surface area contributed by atoms with E-state index in [2.05, 4.69) is 0 Å². The Morgan fingerprint density at radius 3 is 2.59 bits per heavy atom. The van der Waals surface area contributed by atoms with Crippen molar-refractivity contribution in [1.29, 1.82) is 0 Å². The van der Waals surface area contributed by atoms with Gasteiger partial charge in [-0.1, -0.05) is 43.0 Å². The van der Waals surface area contributed by atoms with E-state index in [-0.39, 0.29) is 24.8 Å². The molecule has 2 fully saturated rings. The van der Waals surface area contributed by atoms with Crippen LogP contribution in [0.25, 0.3) is 0 Å². The monoisotopic (exact) mass is 460 g/mol. The molecule has 2 aromatic carbocycles. The number of esters is 1. The maximum atomic E-state index is 13.7. The lowest BCUT2D eigenvalue weighted by Gasteiger charge is -2.33. The average molecular weight is 461 g/mol. The summed E-state index contributed by atoms with van der Waals surface area (Å²) in [6.45, 7) is 2.12. The summed E-state index contributed by atoms with van der Waals surface area (Å²) in [6, 6.07) is 10.5. The Bertz CT molecular complexity index is 940. The maximum absolute atomic E-state index is 13.7. The van der Waals surface area contributed by atoms with Gasteiger partial charge in [-0.25, -0.2) is 4.39 Å². The van der Waals surface area contributed by atoms with Crippen LogP contribution in [0.1, 0.15) is 67.6 Å². The highest BCUT2D eigenvalue weighted by molar-refractivity contribution is 6.30. The third kappa shape index (κ3) is 5.44. The Morgan fingerprint density at radius 1 is 1.19 bits per heavy atom. The van der Waals surface area contributed by atoms with E-state index in [0.717, 1.165) is 35.3 Å². The number of hydrogen-bond donors (Lipinski definition) is 1. The summed E-state index contributed by atoms with van der Waals surface area (Å²) in [7, 11) is 0. The number of aliphatic hydroxyl groups is 1. The molecular weight excluding hydrogens is 431 g/mol. The molecule has 2 unspecified atom stereocenters. The summed E-state index contributed by atoms with van der Waals surface area (Å²) < 4.78 is 25.3. The zero-order chi connectivity index (χ0) is 22.7. The highest BCUT2D eigenvalue weighted by Crippen LogP contribution is 2.45. The minimum Gasteiger partial charge on any atom is -0.489 e. The topological polar surface area (TPSA) is 55.8 Å². The van der Waals surface area contributed by atoms with Gasteiger partial charge >= 0.3 is 5.97 Å². The third-order valence-corrected chi connectivity index (χ3v) is 6.82. The maximum Gasteiger partial charge on any atom is 0.308 e. The van der Waals surface area contributed by atoms with E-state index in [1.807, 2.05) is 31.2 Å². The first-order valence-corrected chi connectivity index (χ1v) is 11.8. The van der Waals surface area contributed by atoms with Gasteiger partial charge in [-0.2, -0.15) is 0 Å². The Hall–Kier alpha value is -2.11. The first kappa shape index (κ1) is 23.1. The van der Waals surface area contributed by atoms with Crippen molar-refractivity contribution in [3.63, 3.8) is 0 Å². The molecule has 0 amide bonds. The molecule has 2 aromatic rings. The molecule has 2 aliphatic rings. The van der Waals surface area contributed by atoms with Gasteiger partial charge in [0.25, 0.3) is 0 Å². The molecule has 32 heavy (non-hydrogen) atoms. The quantitative estimate of drug-likeness (QED) is 0.541. The highest BCUT2D eigenvalue weighted by atomic mass is 35.5. The summed E-state index contributed by atoms with van der Waals surface area (Å²) in [5.41, 5.74) is 2.93. The van der Waals surface area contributed by atoms with E-state index in [1.165, 1.54) is 31.4 Å². The molecule has 1 saturated heterocycles. The molecule has 172 valence electrons. The van der Waals surface area contributed by atoms with Gasteiger partial charge < -0.3 is 14.6 Å². The summed E-state index contributed by atoms with van der Waals surface area (Å²) in [5.74, 6) is 0.501. The molecule has 0 aromatic heterocycles. The van der Waals surface area contributed by atoms with Crippen molar-refractivity contribution in [1.82, 2.24) is 0 Å². The normalized spacial score (nSPS) is 22.9. The van der Waals surface area contributed by atoms with E-state index in [4.69, 9.17) is 21.1 Å². The minimum absolute atomic E-state index is 0.0239. The van der Waals surface area contributed by atoms with Crippen LogP contribution >= 0.6 is 11.6 Å². The number of hydrogen-bond acceptors (Lipinski definition) is 4. The first-order chi connectivity index (χ1) is 15.4. The standard InChI is InChI=1S/C26H30ClFO4/c1-16-11-19(27)12-23(26(16)31-15-22-13-21(29)14-24(30)32-22)25(17-5-3-2-4-6-17)18-7-9-20(28)10-8-18/h7-12,17,21-22,25,29H,2-6,13-15H2,1H3/t21?,22?,25-/m0/s1. The number of rotatable bonds is 6. The van der Waals surface area contributed by atoms with Crippen LogP contribution in [0, 0.1) is 18.7 Å². The lowest BCUT2D eigenvalue weighted by molar-refractivity contribution is -0.162. The number of halogens is 2. The highest BCUT2D eigenvalue weighted by Gasteiger charge is 2.32. The van der Waals surface area contributed by atoms with Crippen LogP contribution in [0.15, 0.2) is 36.4 Å². The molecule has 4 nitrogen and oxygen atoms in total. The molecule has 0 spiro atoms. The number of cyclic esters (lactones) is 1. The minimum atomic E-state index is -0.704. The molecule has 1 heterocycles. The molecule has 1 saturated carbocycles. The van der Waals surface area contributed by atoms with Gasteiger partial charge in [0.2, 0.25) is 0 Å². The SMILES string of the molecule is Cc1cc(Cl)cc([C@H](c2ccc(F)cc2)C2CCCCC2)c1OCC1CC(O)CC(=O)O1. The fraction of sp³-hybridized carbons (Fsp3) is 0.500. The van der Waals surface area contributed by atoms with Gasteiger partial charge in [0.15, 0.2) is 0 Å². The fourth-order valence-electron chi connectivity index (χ4n) is 5.17. The molecule has 0 radical (unpaired) electrons. The van der Waals surface area contributed by atoms with E-state index >= 15 is 0 Å². The molecule has 4 rings (SSSR count). The average Bonchev–Trinajstić information content (AvgIpc) is 2.75. The second-order valence-corrected chi connectivity index (χ2v) is 9.52. The molecular formula is C26H30ClFO4. The zero-order valence-corrected chi connectivity index (χ0v) is 19.1. The number of aliphatic hydroxyl groups excluding tert-OH is 1. The van der Waals surface area contributed by atoms with Crippen molar-refractivity contribution in [2.24, 2.45) is 5.92 Å². The lowest BCUT2D eigenvalue weighted by Crippen LogP contribution is -2.36. The number of aryl methyl sites for hydroxylation is 1. The number of carbonyl (C=O) groups is 1. The Balaban J connectivity index is 1.68. The molecule has 1 aliphatic carbocycles. The van der Waals surface area contributed by atoms with Gasteiger partial charge in [0.1, 0.15) is 24.3 Å². The van der Waals surface area contributed by atoms with Gasteiger partial charge in [0, 0.05) is 22.9 Å². The number of ether oxygens (including phenoxy) is 2. The van der Waals surface area contributed by atoms with Crippen molar-refractivity contribution in [3.05, 3.63) is 63.9 Å². The van der Waals surface area contributed by atoms with Gasteiger partial charge in [-0.15, -0.1) is 0 Å². The lowest BCUT2D eigenvalue weighted by atomic mass is 9.73. The largest absolute Gasteiger partial charge is 0.489 e. The molecule has 1 aliphatic heterocycles. The second kappa shape index (κ2) is 10.2. The summed E-state index contributed by atoms with van der Waals surface area (Å²) >= 11 is 6.49. The van der Waals surface area contributed by atoms with E-state index in [9.17, 15) is 14.3 Å². The number of carbonyl (C=O) groups excluding carboxylic acids is 1. The van der Waals surface area contributed by atoms with Crippen molar-refractivity contribution in [2.75, 3.05) is 6.61 Å². The van der Waals surface area contributed by atoms with E-state index in [1.54, 1.807) is 0 Å². The molecule has 6 heteroatoms. The van der Waals surface area contributed by atoms with E-state index < -0.39 is 18.2 Å². The smallest absolute Gasteiger partial charge is 0.308 e. The predicted octanol–water partition coefficient (Wildman–Crippen LogP) is 5.95. The van der Waals surface area contributed by atoms with Crippen molar-refractivity contribution in [3.8, 4) is 5.75 Å². The zero-order valence-electron chi connectivity index (χ0n) is 18.4. The summed E-state index contributed by atoms with van der Waals surface area (Å²) in [4.78, 5) is 11.7. The van der Waals surface area contributed by atoms with Crippen LogP contribution in [0.3, 0.4) is 0 Å². The van der Waals surface area contributed by atoms with Crippen molar-refractivity contribution >= 4 is 17.6 Å². The molecule has 0 bridgehead atoms. The third-order valence-electron chi connectivity index (χ3n) is 6.60. The second-order valence-electron chi connectivity index (χ2n) is 9.08. The predicted molar refractivity (Wildman–Crippen MR) is 122 cm³/mol. The van der Waals surface area contributed by atoms with Gasteiger partial charge in [-0.05, 0) is 61.1 Å². The van der Waals surface area contributed by atoms with Gasteiger partial charge in [0.05, 0.1) is 12.5 Å². The van der Waals surface area contributed by atoms with Crippen molar-refractivity contribution in [2.45, 2.75) is 70.0 Å². The van der Waals surface area contributed by atoms with Crippen LogP contribution < -0.4 is 4.74 Å². The van der Waals surface area contributed by atoms with Crippen LogP contribution in [0.2, 0.25) is 5.02 Å². The summed E-state index contributed by atoms with van der Waals surface area (Å²) in [6.07, 6.45) is 4.97.